The van der Waals surface area contributed by atoms with Crippen LogP contribution in [0.5, 0.6) is 0 Å². The second-order valence-corrected chi connectivity index (χ2v) is 3.29. The number of rotatable bonds is 1. The van der Waals surface area contributed by atoms with Gasteiger partial charge in [-0.3, -0.25) is 0 Å². The van der Waals surface area contributed by atoms with Crippen LogP contribution >= 0.6 is 0 Å². The summed E-state index contributed by atoms with van der Waals surface area (Å²) in [6.07, 6.45) is 8.72. The number of hydrogen-bond acceptors (Lipinski definition) is 1. The second-order valence-electron chi connectivity index (χ2n) is 3.29. The Balaban J connectivity index is 1.97. The van der Waals surface area contributed by atoms with Crippen molar-refractivity contribution in [2.24, 2.45) is 0 Å². The molecule has 0 aromatic carbocycles. The Morgan fingerprint density at radius 3 is 2.80 bits per heavy atom. The van der Waals surface area contributed by atoms with Gasteiger partial charge in [0.25, 0.3) is 0 Å². The average Bonchev–Trinajstić information content (AvgIpc) is 2.69. The molecular weight excluding hydrogens is 124 g/mol. The fraction of sp³-hybridized carbons (Fsp3) is 0.778. The zero-order valence-corrected chi connectivity index (χ0v) is 6.47. The minimum Gasteiger partial charge on any atom is -0.365 e. The highest BCUT2D eigenvalue weighted by molar-refractivity contribution is 5.17. The molecule has 0 saturated carbocycles. The molecule has 2 unspecified atom stereocenters. The molecule has 1 aliphatic carbocycles. The minimum atomic E-state index is 0.514. The van der Waals surface area contributed by atoms with E-state index in [1.807, 2.05) is 0 Å². The number of allylic oxidation sites excluding steroid dienone is 1. The molecule has 2 rings (SSSR count). The van der Waals surface area contributed by atoms with E-state index in [-0.39, 0.29) is 0 Å². The van der Waals surface area contributed by atoms with E-state index in [1.54, 1.807) is 5.57 Å². The first-order valence-corrected chi connectivity index (χ1v) is 4.22. The van der Waals surface area contributed by atoms with Gasteiger partial charge in [-0.15, -0.1) is 0 Å². The van der Waals surface area contributed by atoms with Gasteiger partial charge in [-0.05, 0) is 38.2 Å². The van der Waals surface area contributed by atoms with Crippen molar-refractivity contribution < 1.29 is 4.74 Å². The van der Waals surface area contributed by atoms with E-state index in [0.717, 1.165) is 0 Å². The molecule has 0 bridgehead atoms. The lowest BCUT2D eigenvalue weighted by atomic mass is 9.96. The third kappa shape index (κ3) is 1.10. The molecule has 0 radical (unpaired) electrons. The van der Waals surface area contributed by atoms with Gasteiger partial charge in [0.15, 0.2) is 0 Å². The Labute approximate surface area is 62.1 Å². The molecule has 1 saturated heterocycles. The normalized spacial score (nSPS) is 39.1. The van der Waals surface area contributed by atoms with Crippen molar-refractivity contribution in [1.82, 2.24) is 0 Å². The molecule has 1 heterocycles. The van der Waals surface area contributed by atoms with Gasteiger partial charge in [0.05, 0.1) is 6.10 Å². The van der Waals surface area contributed by atoms with Crippen LogP contribution in [0.15, 0.2) is 11.6 Å². The van der Waals surface area contributed by atoms with E-state index < -0.39 is 0 Å². The van der Waals surface area contributed by atoms with Crippen molar-refractivity contribution in [3.8, 4) is 0 Å². The van der Waals surface area contributed by atoms with Crippen LogP contribution < -0.4 is 0 Å². The SMILES string of the molecule is CC1OC1C1=CCCCC1. The largest absolute Gasteiger partial charge is 0.365 e. The molecule has 10 heavy (non-hydrogen) atoms. The third-order valence-corrected chi connectivity index (χ3v) is 2.40. The molecular formula is C9H14O. The standard InChI is InChI=1S/C9H14O/c1-7-9(10-7)8-5-3-2-4-6-8/h5,7,9H,2-4,6H2,1H3. The fourth-order valence-electron chi connectivity index (χ4n) is 1.70. The topological polar surface area (TPSA) is 12.5 Å². The zero-order valence-electron chi connectivity index (χ0n) is 6.47. The van der Waals surface area contributed by atoms with E-state index in [9.17, 15) is 0 Å². The zero-order chi connectivity index (χ0) is 6.97. The maximum atomic E-state index is 5.39. The Bertz CT molecular complexity index is 160. The van der Waals surface area contributed by atoms with Crippen molar-refractivity contribution in [2.75, 3.05) is 0 Å². The van der Waals surface area contributed by atoms with Gasteiger partial charge >= 0.3 is 0 Å². The van der Waals surface area contributed by atoms with Crippen molar-refractivity contribution in [3.63, 3.8) is 0 Å². The van der Waals surface area contributed by atoms with E-state index in [1.165, 1.54) is 25.7 Å². The summed E-state index contributed by atoms with van der Waals surface area (Å²) in [6.45, 7) is 2.15. The van der Waals surface area contributed by atoms with Gasteiger partial charge < -0.3 is 4.74 Å². The lowest BCUT2D eigenvalue weighted by Gasteiger charge is -2.09. The first kappa shape index (κ1) is 6.41. The Morgan fingerprint density at radius 1 is 1.50 bits per heavy atom. The van der Waals surface area contributed by atoms with Crippen LogP contribution in [0.25, 0.3) is 0 Å². The van der Waals surface area contributed by atoms with E-state index in [4.69, 9.17) is 4.74 Å². The highest BCUT2D eigenvalue weighted by Gasteiger charge is 2.37. The van der Waals surface area contributed by atoms with E-state index >= 15 is 0 Å². The maximum Gasteiger partial charge on any atom is 0.105 e. The Hall–Kier alpha value is -0.300. The highest BCUT2D eigenvalue weighted by atomic mass is 16.6. The fourth-order valence-corrected chi connectivity index (χ4v) is 1.70. The molecule has 56 valence electrons. The van der Waals surface area contributed by atoms with Crippen LogP contribution in [0, 0.1) is 0 Å². The Morgan fingerprint density at radius 2 is 2.30 bits per heavy atom. The van der Waals surface area contributed by atoms with Gasteiger partial charge in [0.2, 0.25) is 0 Å². The first-order valence-electron chi connectivity index (χ1n) is 4.22. The lowest BCUT2D eigenvalue weighted by molar-refractivity contribution is 0.389. The second kappa shape index (κ2) is 2.39. The molecule has 1 heteroatoms. The third-order valence-electron chi connectivity index (χ3n) is 2.40. The Kier molecular flexibility index (Phi) is 1.53. The maximum absolute atomic E-state index is 5.39. The molecule has 0 aromatic rings. The summed E-state index contributed by atoms with van der Waals surface area (Å²) in [5.41, 5.74) is 1.57. The van der Waals surface area contributed by atoms with Crippen molar-refractivity contribution in [1.29, 1.82) is 0 Å². The molecule has 0 aromatic heterocycles. The predicted octanol–water partition coefficient (Wildman–Crippen LogP) is 2.27. The van der Waals surface area contributed by atoms with Crippen molar-refractivity contribution in [2.45, 2.75) is 44.8 Å². The predicted molar refractivity (Wildman–Crippen MR) is 40.9 cm³/mol. The number of ether oxygens (including phenoxy) is 1. The van der Waals surface area contributed by atoms with Gasteiger partial charge in [0, 0.05) is 0 Å². The molecule has 1 aliphatic heterocycles. The van der Waals surface area contributed by atoms with Crippen LogP contribution in [-0.4, -0.2) is 12.2 Å². The van der Waals surface area contributed by atoms with Crippen LogP contribution in [0.2, 0.25) is 0 Å². The summed E-state index contributed by atoms with van der Waals surface area (Å²) in [4.78, 5) is 0. The smallest absolute Gasteiger partial charge is 0.105 e. The summed E-state index contributed by atoms with van der Waals surface area (Å²) >= 11 is 0. The van der Waals surface area contributed by atoms with Crippen LogP contribution in [0.4, 0.5) is 0 Å². The summed E-state index contributed by atoms with van der Waals surface area (Å²) < 4.78 is 5.39. The first-order chi connectivity index (χ1) is 4.88. The van der Waals surface area contributed by atoms with Gasteiger partial charge in [0.1, 0.15) is 6.10 Å². The molecule has 2 atom stereocenters. The lowest BCUT2D eigenvalue weighted by Crippen LogP contribution is -1.99. The summed E-state index contributed by atoms with van der Waals surface area (Å²) in [5.74, 6) is 0. The number of epoxide rings is 1. The number of hydrogen-bond donors (Lipinski definition) is 0. The quantitative estimate of drug-likeness (QED) is 0.400. The molecule has 1 fully saturated rings. The minimum absolute atomic E-state index is 0.514. The van der Waals surface area contributed by atoms with E-state index in [0.29, 0.717) is 12.2 Å². The van der Waals surface area contributed by atoms with Crippen LogP contribution in [0.3, 0.4) is 0 Å². The van der Waals surface area contributed by atoms with E-state index in [2.05, 4.69) is 13.0 Å². The molecule has 0 spiro atoms. The van der Waals surface area contributed by atoms with Crippen LogP contribution in [-0.2, 0) is 4.74 Å². The molecule has 0 amide bonds. The molecule has 0 N–H and O–H groups in total. The highest BCUT2D eigenvalue weighted by Crippen LogP contribution is 2.33. The molecule has 2 aliphatic rings. The summed E-state index contributed by atoms with van der Waals surface area (Å²) in [5, 5.41) is 0. The van der Waals surface area contributed by atoms with Gasteiger partial charge in [-0.2, -0.15) is 0 Å². The van der Waals surface area contributed by atoms with Gasteiger partial charge in [-0.25, -0.2) is 0 Å². The van der Waals surface area contributed by atoms with Crippen molar-refractivity contribution >= 4 is 0 Å². The van der Waals surface area contributed by atoms with Gasteiger partial charge in [-0.1, -0.05) is 6.08 Å². The monoisotopic (exact) mass is 138 g/mol. The average molecular weight is 138 g/mol. The van der Waals surface area contributed by atoms with Crippen LogP contribution in [0.1, 0.15) is 32.6 Å². The molecule has 1 nitrogen and oxygen atoms in total. The summed E-state index contributed by atoms with van der Waals surface area (Å²) in [6, 6.07) is 0. The summed E-state index contributed by atoms with van der Waals surface area (Å²) in [7, 11) is 0. The van der Waals surface area contributed by atoms with Crippen molar-refractivity contribution in [3.05, 3.63) is 11.6 Å².